The number of aliphatic hydroxyl groups is 1. The molecule has 1 aromatic rings. The van der Waals surface area contributed by atoms with E-state index < -0.39 is 0 Å². The predicted octanol–water partition coefficient (Wildman–Crippen LogP) is 1.55. The highest BCUT2D eigenvalue weighted by molar-refractivity contribution is 5.54. The van der Waals surface area contributed by atoms with E-state index in [-0.39, 0.29) is 6.61 Å². The Labute approximate surface area is 73.4 Å². The van der Waals surface area contributed by atoms with Gasteiger partial charge in [-0.3, -0.25) is 0 Å². The van der Waals surface area contributed by atoms with Crippen LogP contribution in [-0.4, -0.2) is 19.2 Å². The van der Waals surface area contributed by atoms with Gasteiger partial charge in [-0.2, -0.15) is 0 Å². The van der Waals surface area contributed by atoms with E-state index >= 15 is 0 Å². The lowest BCUT2D eigenvalue weighted by Gasteiger charge is -2.16. The molecule has 0 aliphatic carbocycles. The molecular formula is C10H15NO. The van der Waals surface area contributed by atoms with E-state index in [9.17, 15) is 0 Å². The first kappa shape index (κ1) is 9.07. The Morgan fingerprint density at radius 2 is 2.00 bits per heavy atom. The van der Waals surface area contributed by atoms with Gasteiger partial charge in [0.1, 0.15) is 0 Å². The van der Waals surface area contributed by atoms with Crippen molar-refractivity contribution < 1.29 is 5.11 Å². The van der Waals surface area contributed by atoms with Crippen LogP contribution in [0.2, 0.25) is 0 Å². The second-order valence-electron chi connectivity index (χ2n) is 3.18. The zero-order valence-corrected chi connectivity index (χ0v) is 7.83. The van der Waals surface area contributed by atoms with E-state index in [1.165, 1.54) is 5.56 Å². The van der Waals surface area contributed by atoms with Gasteiger partial charge in [0.15, 0.2) is 0 Å². The highest BCUT2D eigenvalue weighted by Gasteiger charge is 2.02. The van der Waals surface area contributed by atoms with Gasteiger partial charge in [0.05, 0.1) is 6.61 Å². The van der Waals surface area contributed by atoms with Crippen molar-refractivity contribution in [3.8, 4) is 0 Å². The quantitative estimate of drug-likeness (QED) is 0.718. The van der Waals surface area contributed by atoms with Gasteiger partial charge in [-0.25, -0.2) is 0 Å². The minimum absolute atomic E-state index is 0.105. The molecule has 0 bridgehead atoms. The molecule has 0 fully saturated rings. The fraction of sp³-hybridized carbons (Fsp3) is 0.400. The van der Waals surface area contributed by atoms with Crippen molar-refractivity contribution >= 4 is 5.69 Å². The smallest absolute Gasteiger partial charge is 0.0702 e. The standard InChI is InChI=1S/C10H15NO/c1-8-4-5-9(7-12)10(6-8)11(2)3/h4-6,12H,7H2,1-3H3. The third-order valence-corrected chi connectivity index (χ3v) is 1.89. The van der Waals surface area contributed by atoms with E-state index in [1.54, 1.807) is 0 Å². The van der Waals surface area contributed by atoms with Crippen LogP contribution in [0.15, 0.2) is 18.2 Å². The number of hydrogen-bond donors (Lipinski definition) is 1. The zero-order valence-electron chi connectivity index (χ0n) is 7.83. The summed E-state index contributed by atoms with van der Waals surface area (Å²) in [7, 11) is 3.96. The summed E-state index contributed by atoms with van der Waals surface area (Å²) in [4.78, 5) is 2.01. The number of aliphatic hydroxyl groups excluding tert-OH is 1. The molecule has 2 nitrogen and oxygen atoms in total. The van der Waals surface area contributed by atoms with Gasteiger partial charge in [-0.05, 0) is 18.6 Å². The zero-order chi connectivity index (χ0) is 9.14. The topological polar surface area (TPSA) is 23.5 Å². The molecule has 1 aromatic carbocycles. The van der Waals surface area contributed by atoms with Gasteiger partial charge in [0.2, 0.25) is 0 Å². The van der Waals surface area contributed by atoms with Gasteiger partial charge in [-0.15, -0.1) is 0 Å². The Hall–Kier alpha value is -1.02. The molecule has 0 amide bonds. The summed E-state index contributed by atoms with van der Waals surface area (Å²) in [5, 5.41) is 9.03. The van der Waals surface area contributed by atoms with E-state index in [2.05, 4.69) is 6.07 Å². The highest BCUT2D eigenvalue weighted by Crippen LogP contribution is 2.19. The maximum absolute atomic E-state index is 9.03. The minimum atomic E-state index is 0.105. The van der Waals surface area contributed by atoms with E-state index in [1.807, 2.05) is 38.1 Å². The maximum atomic E-state index is 9.03. The number of aryl methyl sites for hydroxylation is 1. The van der Waals surface area contributed by atoms with Crippen molar-refractivity contribution in [3.63, 3.8) is 0 Å². The van der Waals surface area contributed by atoms with Crippen molar-refractivity contribution in [3.05, 3.63) is 29.3 Å². The lowest BCUT2D eigenvalue weighted by Crippen LogP contribution is -2.11. The first-order chi connectivity index (χ1) is 5.65. The monoisotopic (exact) mass is 165 g/mol. The average molecular weight is 165 g/mol. The molecule has 12 heavy (non-hydrogen) atoms. The van der Waals surface area contributed by atoms with Gasteiger partial charge in [-0.1, -0.05) is 12.1 Å². The molecule has 1 rings (SSSR count). The van der Waals surface area contributed by atoms with Crippen molar-refractivity contribution in [1.29, 1.82) is 0 Å². The van der Waals surface area contributed by atoms with Crippen molar-refractivity contribution in [2.24, 2.45) is 0 Å². The molecule has 0 spiro atoms. The lowest BCUT2D eigenvalue weighted by molar-refractivity contribution is 0.282. The number of hydrogen-bond acceptors (Lipinski definition) is 2. The molecule has 2 heteroatoms. The van der Waals surface area contributed by atoms with Gasteiger partial charge >= 0.3 is 0 Å². The summed E-state index contributed by atoms with van der Waals surface area (Å²) in [6, 6.07) is 6.05. The van der Waals surface area contributed by atoms with Crippen LogP contribution in [0.5, 0.6) is 0 Å². The molecule has 0 saturated carbocycles. The van der Waals surface area contributed by atoms with E-state index in [0.717, 1.165) is 11.3 Å². The Morgan fingerprint density at radius 3 is 2.50 bits per heavy atom. The number of rotatable bonds is 2. The van der Waals surface area contributed by atoms with Gasteiger partial charge in [0, 0.05) is 25.3 Å². The van der Waals surface area contributed by atoms with Crippen LogP contribution in [0, 0.1) is 6.92 Å². The Balaban J connectivity index is 3.12. The number of benzene rings is 1. The third-order valence-electron chi connectivity index (χ3n) is 1.89. The first-order valence-electron chi connectivity index (χ1n) is 4.03. The van der Waals surface area contributed by atoms with Gasteiger partial charge in [0.25, 0.3) is 0 Å². The van der Waals surface area contributed by atoms with Crippen molar-refractivity contribution in [2.45, 2.75) is 13.5 Å². The Morgan fingerprint density at radius 1 is 1.33 bits per heavy atom. The Bertz CT molecular complexity index is 269. The van der Waals surface area contributed by atoms with E-state index in [0.29, 0.717) is 0 Å². The van der Waals surface area contributed by atoms with Crippen molar-refractivity contribution in [2.75, 3.05) is 19.0 Å². The van der Waals surface area contributed by atoms with Gasteiger partial charge < -0.3 is 10.0 Å². The van der Waals surface area contributed by atoms with Crippen LogP contribution >= 0.6 is 0 Å². The van der Waals surface area contributed by atoms with Crippen LogP contribution in [0.4, 0.5) is 5.69 Å². The third kappa shape index (κ3) is 1.77. The fourth-order valence-corrected chi connectivity index (χ4v) is 1.22. The predicted molar refractivity (Wildman–Crippen MR) is 51.4 cm³/mol. The van der Waals surface area contributed by atoms with Crippen molar-refractivity contribution in [1.82, 2.24) is 0 Å². The second kappa shape index (κ2) is 3.59. The van der Waals surface area contributed by atoms with Crippen LogP contribution in [0.3, 0.4) is 0 Å². The Kier molecular flexibility index (Phi) is 2.71. The minimum Gasteiger partial charge on any atom is -0.392 e. The number of anilines is 1. The molecule has 0 radical (unpaired) electrons. The van der Waals surface area contributed by atoms with Crippen LogP contribution in [0.25, 0.3) is 0 Å². The van der Waals surface area contributed by atoms with Crippen LogP contribution < -0.4 is 4.90 Å². The molecule has 0 atom stereocenters. The molecule has 1 N–H and O–H groups in total. The summed E-state index contributed by atoms with van der Waals surface area (Å²) in [5.74, 6) is 0. The first-order valence-corrected chi connectivity index (χ1v) is 4.03. The molecular weight excluding hydrogens is 150 g/mol. The highest BCUT2D eigenvalue weighted by atomic mass is 16.3. The summed E-state index contributed by atoms with van der Waals surface area (Å²) in [5.41, 5.74) is 3.29. The molecule has 0 saturated heterocycles. The summed E-state index contributed by atoms with van der Waals surface area (Å²) in [6.07, 6.45) is 0. The van der Waals surface area contributed by atoms with Crippen LogP contribution in [-0.2, 0) is 6.61 Å². The molecule has 0 aromatic heterocycles. The normalized spacial score (nSPS) is 10.0. The maximum Gasteiger partial charge on any atom is 0.0702 e. The lowest BCUT2D eigenvalue weighted by atomic mass is 10.1. The molecule has 0 unspecified atom stereocenters. The fourth-order valence-electron chi connectivity index (χ4n) is 1.22. The summed E-state index contributed by atoms with van der Waals surface area (Å²) >= 11 is 0. The average Bonchev–Trinajstić information content (AvgIpc) is 2.04. The molecule has 66 valence electrons. The van der Waals surface area contributed by atoms with E-state index in [4.69, 9.17) is 5.11 Å². The number of nitrogens with zero attached hydrogens (tertiary/aromatic N) is 1. The summed E-state index contributed by atoms with van der Waals surface area (Å²) in [6.45, 7) is 2.15. The molecule has 0 aliphatic heterocycles. The SMILES string of the molecule is Cc1ccc(CO)c(N(C)C)c1. The second-order valence-corrected chi connectivity index (χ2v) is 3.18. The summed E-state index contributed by atoms with van der Waals surface area (Å²) < 4.78 is 0. The molecule has 0 aliphatic rings. The van der Waals surface area contributed by atoms with Crippen LogP contribution in [0.1, 0.15) is 11.1 Å². The molecule has 0 heterocycles. The largest absolute Gasteiger partial charge is 0.392 e.